The molecule has 2 aromatic rings. The van der Waals surface area contributed by atoms with Crippen LogP contribution in [0.5, 0.6) is 0 Å². The molecule has 1 N–H and O–H groups in total. The van der Waals surface area contributed by atoms with Gasteiger partial charge in [0.05, 0.1) is 10.6 Å². The molecule has 0 aliphatic carbocycles. The zero-order valence-corrected chi connectivity index (χ0v) is 12.3. The first-order valence-electron chi connectivity index (χ1n) is 5.50. The first-order chi connectivity index (χ1) is 8.99. The number of hydrogen-bond acceptors (Lipinski definition) is 1. The number of nitrogens with one attached hydrogen (secondary N) is 1. The highest BCUT2D eigenvalue weighted by Crippen LogP contribution is 2.23. The Balaban J connectivity index is 2.28. The molecule has 98 valence electrons. The number of hydrogen-bond donors (Lipinski definition) is 1. The van der Waals surface area contributed by atoms with E-state index in [9.17, 15) is 9.18 Å². The van der Waals surface area contributed by atoms with Gasteiger partial charge in [-0.05, 0) is 36.8 Å². The SMILES string of the molecule is Cc1ccc(NC(=O)c2c(F)cccc2Cl)cc1Br. The lowest BCUT2D eigenvalue weighted by atomic mass is 10.2. The van der Waals surface area contributed by atoms with Crippen molar-refractivity contribution < 1.29 is 9.18 Å². The van der Waals surface area contributed by atoms with Crippen molar-refractivity contribution in [2.75, 3.05) is 5.32 Å². The second-order valence-corrected chi connectivity index (χ2v) is 5.28. The number of halogens is 3. The van der Waals surface area contributed by atoms with E-state index < -0.39 is 11.7 Å². The van der Waals surface area contributed by atoms with Crippen LogP contribution in [0.4, 0.5) is 10.1 Å². The van der Waals surface area contributed by atoms with Crippen LogP contribution in [-0.2, 0) is 0 Å². The van der Waals surface area contributed by atoms with Gasteiger partial charge in [-0.2, -0.15) is 0 Å². The fourth-order valence-corrected chi connectivity index (χ4v) is 2.21. The number of carbonyl (C=O) groups is 1. The third-order valence-electron chi connectivity index (χ3n) is 2.62. The van der Waals surface area contributed by atoms with Crippen LogP contribution in [0, 0.1) is 12.7 Å². The van der Waals surface area contributed by atoms with E-state index in [1.54, 1.807) is 12.1 Å². The second-order valence-electron chi connectivity index (χ2n) is 4.01. The molecule has 0 heterocycles. The topological polar surface area (TPSA) is 29.1 Å². The molecule has 2 aromatic carbocycles. The lowest BCUT2D eigenvalue weighted by molar-refractivity contribution is 0.102. The van der Waals surface area contributed by atoms with Gasteiger partial charge < -0.3 is 5.32 Å². The molecule has 2 nitrogen and oxygen atoms in total. The number of benzene rings is 2. The summed E-state index contributed by atoms with van der Waals surface area (Å²) in [5.74, 6) is -1.21. The summed E-state index contributed by atoms with van der Waals surface area (Å²) in [5.41, 5.74) is 1.46. The molecule has 0 bridgehead atoms. The molecule has 0 aromatic heterocycles. The van der Waals surface area contributed by atoms with Crippen LogP contribution in [0.1, 0.15) is 15.9 Å². The number of amides is 1. The van der Waals surface area contributed by atoms with Crippen molar-refractivity contribution in [1.82, 2.24) is 0 Å². The van der Waals surface area contributed by atoms with Gasteiger partial charge in [-0.25, -0.2) is 4.39 Å². The molecule has 1 amide bonds. The Labute approximate surface area is 123 Å². The highest BCUT2D eigenvalue weighted by Gasteiger charge is 2.15. The van der Waals surface area contributed by atoms with E-state index in [2.05, 4.69) is 21.2 Å². The van der Waals surface area contributed by atoms with E-state index >= 15 is 0 Å². The van der Waals surface area contributed by atoms with E-state index in [1.165, 1.54) is 18.2 Å². The highest BCUT2D eigenvalue weighted by molar-refractivity contribution is 9.10. The van der Waals surface area contributed by atoms with E-state index in [1.807, 2.05) is 13.0 Å². The molecule has 0 atom stereocenters. The van der Waals surface area contributed by atoms with E-state index in [0.29, 0.717) is 5.69 Å². The molecule has 5 heteroatoms. The summed E-state index contributed by atoms with van der Waals surface area (Å²) in [4.78, 5) is 12.0. The quantitative estimate of drug-likeness (QED) is 0.834. The van der Waals surface area contributed by atoms with Crippen molar-refractivity contribution in [2.45, 2.75) is 6.92 Å². The smallest absolute Gasteiger partial charge is 0.260 e. The average molecular weight is 343 g/mol. The minimum absolute atomic E-state index is 0.0867. The number of rotatable bonds is 2. The normalized spacial score (nSPS) is 10.3. The first kappa shape index (κ1) is 14.0. The van der Waals surface area contributed by atoms with Gasteiger partial charge in [-0.1, -0.05) is 39.7 Å². The van der Waals surface area contributed by atoms with E-state index in [-0.39, 0.29) is 10.6 Å². The van der Waals surface area contributed by atoms with Crippen LogP contribution in [0.25, 0.3) is 0 Å². The van der Waals surface area contributed by atoms with Crippen LogP contribution < -0.4 is 5.32 Å². The summed E-state index contributed by atoms with van der Waals surface area (Å²) in [7, 11) is 0. The number of anilines is 1. The van der Waals surface area contributed by atoms with Gasteiger partial charge in [-0.15, -0.1) is 0 Å². The number of aryl methyl sites for hydroxylation is 1. The van der Waals surface area contributed by atoms with Gasteiger partial charge in [0.15, 0.2) is 0 Å². The Morgan fingerprint density at radius 2 is 2.05 bits per heavy atom. The van der Waals surface area contributed by atoms with Crippen molar-refractivity contribution >= 4 is 39.1 Å². The van der Waals surface area contributed by atoms with Crippen molar-refractivity contribution in [3.8, 4) is 0 Å². The Morgan fingerprint density at radius 1 is 1.32 bits per heavy atom. The minimum Gasteiger partial charge on any atom is -0.322 e. The van der Waals surface area contributed by atoms with Crippen LogP contribution in [-0.4, -0.2) is 5.91 Å². The maximum atomic E-state index is 13.6. The second kappa shape index (κ2) is 5.72. The Morgan fingerprint density at radius 3 is 2.68 bits per heavy atom. The van der Waals surface area contributed by atoms with Gasteiger partial charge in [0.25, 0.3) is 5.91 Å². The van der Waals surface area contributed by atoms with E-state index in [0.717, 1.165) is 10.0 Å². The van der Waals surface area contributed by atoms with Gasteiger partial charge in [0.1, 0.15) is 5.82 Å². The maximum Gasteiger partial charge on any atom is 0.260 e. The van der Waals surface area contributed by atoms with Crippen molar-refractivity contribution in [3.05, 3.63) is 62.8 Å². The molecular weight excluding hydrogens is 333 g/mol. The summed E-state index contributed by atoms with van der Waals surface area (Å²) in [6.45, 7) is 1.93. The van der Waals surface area contributed by atoms with Crippen LogP contribution in [0.15, 0.2) is 40.9 Å². The Kier molecular flexibility index (Phi) is 4.22. The Hall–Kier alpha value is -1.39. The summed E-state index contributed by atoms with van der Waals surface area (Å²) < 4.78 is 14.5. The summed E-state index contributed by atoms with van der Waals surface area (Å²) >= 11 is 9.21. The lowest BCUT2D eigenvalue weighted by Gasteiger charge is -2.09. The first-order valence-corrected chi connectivity index (χ1v) is 6.67. The number of carbonyl (C=O) groups excluding carboxylic acids is 1. The molecule has 0 saturated heterocycles. The molecule has 0 aliphatic heterocycles. The molecule has 19 heavy (non-hydrogen) atoms. The van der Waals surface area contributed by atoms with Gasteiger partial charge in [0, 0.05) is 10.2 Å². The summed E-state index contributed by atoms with van der Waals surface area (Å²) in [6.07, 6.45) is 0. The van der Waals surface area contributed by atoms with Gasteiger partial charge in [0.2, 0.25) is 0 Å². The fraction of sp³-hybridized carbons (Fsp3) is 0.0714. The highest BCUT2D eigenvalue weighted by atomic mass is 79.9. The predicted octanol–water partition coefficient (Wildman–Crippen LogP) is 4.80. The standard InChI is InChI=1S/C14H10BrClFNO/c1-8-5-6-9(7-10(8)15)18-14(19)13-11(16)3-2-4-12(13)17/h2-7H,1H3,(H,18,19). The van der Waals surface area contributed by atoms with Gasteiger partial charge in [-0.3, -0.25) is 4.79 Å². The van der Waals surface area contributed by atoms with Crippen LogP contribution in [0.3, 0.4) is 0 Å². The zero-order chi connectivity index (χ0) is 14.0. The van der Waals surface area contributed by atoms with Crippen molar-refractivity contribution in [3.63, 3.8) is 0 Å². The molecule has 0 fully saturated rings. The Bertz CT molecular complexity index is 625. The monoisotopic (exact) mass is 341 g/mol. The van der Waals surface area contributed by atoms with Crippen molar-refractivity contribution in [2.24, 2.45) is 0 Å². The largest absolute Gasteiger partial charge is 0.322 e. The van der Waals surface area contributed by atoms with Gasteiger partial charge >= 0.3 is 0 Å². The predicted molar refractivity (Wildman–Crippen MR) is 78.2 cm³/mol. The molecule has 0 radical (unpaired) electrons. The van der Waals surface area contributed by atoms with E-state index in [4.69, 9.17) is 11.6 Å². The van der Waals surface area contributed by atoms with Crippen LogP contribution >= 0.6 is 27.5 Å². The minimum atomic E-state index is -0.642. The molecule has 0 aliphatic rings. The zero-order valence-electron chi connectivity index (χ0n) is 10.0. The molecular formula is C14H10BrClFNO. The van der Waals surface area contributed by atoms with Crippen molar-refractivity contribution in [1.29, 1.82) is 0 Å². The molecule has 0 saturated carbocycles. The summed E-state index contributed by atoms with van der Waals surface area (Å²) in [5, 5.41) is 2.70. The summed E-state index contributed by atoms with van der Waals surface area (Å²) in [6, 6.07) is 9.48. The fourth-order valence-electron chi connectivity index (χ4n) is 1.58. The third-order valence-corrected chi connectivity index (χ3v) is 3.79. The molecule has 2 rings (SSSR count). The molecule has 0 unspecified atom stereocenters. The average Bonchev–Trinajstić information content (AvgIpc) is 2.33. The maximum absolute atomic E-state index is 13.6. The third kappa shape index (κ3) is 3.14. The molecule has 0 spiro atoms. The van der Waals surface area contributed by atoms with Crippen LogP contribution in [0.2, 0.25) is 5.02 Å². The lowest BCUT2D eigenvalue weighted by Crippen LogP contribution is -2.14.